The van der Waals surface area contributed by atoms with Gasteiger partial charge in [-0.25, -0.2) is 0 Å². The average molecular weight is 276 g/mol. The van der Waals surface area contributed by atoms with Crippen LogP contribution in [0.5, 0.6) is 5.75 Å². The monoisotopic (exact) mass is 276 g/mol. The molecule has 0 amide bonds. The smallest absolute Gasteiger partial charge is 0.312 e. The Labute approximate surface area is 117 Å². The molecule has 0 radical (unpaired) electrons. The summed E-state index contributed by atoms with van der Waals surface area (Å²) in [5, 5.41) is 19.7. The lowest BCUT2D eigenvalue weighted by molar-refractivity contribution is -0.386. The number of ether oxygens (including phenoxy) is 2. The molecule has 20 heavy (non-hydrogen) atoms. The van der Waals surface area contributed by atoms with Crippen LogP contribution in [0.2, 0.25) is 0 Å². The normalized spacial score (nSPS) is 20.4. The van der Waals surface area contributed by atoms with E-state index in [9.17, 15) is 10.1 Å². The van der Waals surface area contributed by atoms with Crippen molar-refractivity contribution < 1.29 is 14.4 Å². The molecule has 1 heterocycles. The van der Waals surface area contributed by atoms with Gasteiger partial charge >= 0.3 is 5.69 Å². The summed E-state index contributed by atoms with van der Waals surface area (Å²) >= 11 is 0. The molecule has 6 heteroatoms. The summed E-state index contributed by atoms with van der Waals surface area (Å²) in [5.74, 6) is 0.169. The molecule has 1 unspecified atom stereocenters. The number of rotatable bonds is 4. The Hall–Kier alpha value is -2.13. The van der Waals surface area contributed by atoms with Gasteiger partial charge in [0.05, 0.1) is 28.3 Å². The van der Waals surface area contributed by atoms with Crippen molar-refractivity contribution in [2.45, 2.75) is 38.4 Å². The maximum Gasteiger partial charge on any atom is 0.312 e. The van der Waals surface area contributed by atoms with Crippen LogP contribution in [0.15, 0.2) is 18.2 Å². The molecule has 1 aromatic rings. The van der Waals surface area contributed by atoms with Crippen LogP contribution in [0.3, 0.4) is 0 Å². The summed E-state index contributed by atoms with van der Waals surface area (Å²) in [6, 6.07) is 6.05. The van der Waals surface area contributed by atoms with Crippen molar-refractivity contribution in [3.8, 4) is 11.8 Å². The molecule has 0 saturated carbocycles. The van der Waals surface area contributed by atoms with E-state index < -0.39 is 4.92 Å². The fraction of sp³-hybridized carbons (Fsp3) is 0.500. The zero-order chi connectivity index (χ0) is 14.8. The maximum absolute atomic E-state index is 11.0. The van der Waals surface area contributed by atoms with Crippen molar-refractivity contribution in [2.24, 2.45) is 0 Å². The summed E-state index contributed by atoms with van der Waals surface area (Å²) in [6.45, 7) is 4.30. The van der Waals surface area contributed by atoms with E-state index in [4.69, 9.17) is 14.7 Å². The molecule has 1 atom stereocenters. The molecular weight excluding hydrogens is 260 g/mol. The van der Waals surface area contributed by atoms with Gasteiger partial charge in [-0.15, -0.1) is 0 Å². The van der Waals surface area contributed by atoms with Crippen LogP contribution in [-0.4, -0.2) is 23.2 Å². The van der Waals surface area contributed by atoms with E-state index in [-0.39, 0.29) is 35.3 Å². The number of nitriles is 1. The predicted octanol–water partition coefficient (Wildman–Crippen LogP) is 2.80. The first kappa shape index (κ1) is 14.3. The first-order valence-corrected chi connectivity index (χ1v) is 6.40. The van der Waals surface area contributed by atoms with Gasteiger partial charge in [-0.1, -0.05) is 0 Å². The third-order valence-corrected chi connectivity index (χ3v) is 3.26. The standard InChI is InChI=1S/C14H16N2O4/c1-14(2)6-5-11(20-14)9-19-13-4-3-10(8-15)7-12(13)16(17)18/h3-4,7,11H,5-6,9H2,1-2H3. The van der Waals surface area contributed by atoms with Crippen molar-refractivity contribution in [1.29, 1.82) is 5.26 Å². The summed E-state index contributed by atoms with van der Waals surface area (Å²) < 4.78 is 11.3. The first-order chi connectivity index (χ1) is 9.41. The lowest BCUT2D eigenvalue weighted by Crippen LogP contribution is -2.24. The van der Waals surface area contributed by atoms with Crippen LogP contribution in [0.1, 0.15) is 32.3 Å². The van der Waals surface area contributed by atoms with E-state index >= 15 is 0 Å². The summed E-state index contributed by atoms with van der Waals surface area (Å²) in [7, 11) is 0. The highest BCUT2D eigenvalue weighted by Crippen LogP contribution is 2.32. The highest BCUT2D eigenvalue weighted by Gasteiger charge is 2.32. The van der Waals surface area contributed by atoms with Crippen LogP contribution >= 0.6 is 0 Å². The van der Waals surface area contributed by atoms with Crippen molar-refractivity contribution in [3.63, 3.8) is 0 Å². The molecule has 106 valence electrons. The number of nitrogens with zero attached hydrogens (tertiary/aromatic N) is 2. The van der Waals surface area contributed by atoms with E-state index in [0.717, 1.165) is 12.8 Å². The van der Waals surface area contributed by atoms with Crippen LogP contribution in [-0.2, 0) is 4.74 Å². The SMILES string of the molecule is CC1(C)CCC(COc2ccc(C#N)cc2[N+](=O)[O-])O1. The van der Waals surface area contributed by atoms with Crippen LogP contribution < -0.4 is 4.74 Å². The fourth-order valence-electron chi connectivity index (χ4n) is 2.23. The van der Waals surface area contributed by atoms with Gasteiger partial charge in [-0.2, -0.15) is 5.26 Å². The van der Waals surface area contributed by atoms with Gasteiger partial charge in [0.25, 0.3) is 0 Å². The van der Waals surface area contributed by atoms with Gasteiger partial charge < -0.3 is 9.47 Å². The maximum atomic E-state index is 11.0. The van der Waals surface area contributed by atoms with Gasteiger partial charge in [-0.3, -0.25) is 10.1 Å². The molecule has 2 rings (SSSR count). The Kier molecular flexibility index (Phi) is 3.91. The van der Waals surface area contributed by atoms with E-state index in [1.165, 1.54) is 18.2 Å². The number of hydrogen-bond acceptors (Lipinski definition) is 5. The minimum atomic E-state index is -0.546. The highest BCUT2D eigenvalue weighted by molar-refractivity contribution is 5.51. The molecule has 6 nitrogen and oxygen atoms in total. The minimum Gasteiger partial charge on any atom is -0.484 e. The summed E-state index contributed by atoms with van der Waals surface area (Å²) in [4.78, 5) is 10.4. The quantitative estimate of drug-likeness (QED) is 0.623. The number of hydrogen-bond donors (Lipinski definition) is 0. The van der Waals surface area contributed by atoms with Gasteiger partial charge in [0, 0.05) is 6.07 Å². The molecule has 0 aromatic heterocycles. The molecule has 1 fully saturated rings. The summed E-state index contributed by atoms with van der Waals surface area (Å²) in [6.07, 6.45) is 1.76. The Balaban J connectivity index is 2.06. The van der Waals surface area contributed by atoms with Crippen molar-refractivity contribution >= 4 is 5.69 Å². The zero-order valence-corrected chi connectivity index (χ0v) is 11.5. The lowest BCUT2D eigenvalue weighted by Gasteiger charge is -2.19. The van der Waals surface area contributed by atoms with Crippen LogP contribution in [0.25, 0.3) is 0 Å². The molecule has 0 spiro atoms. The molecule has 0 bridgehead atoms. The Bertz CT molecular complexity index is 563. The van der Waals surface area contributed by atoms with Crippen LogP contribution in [0, 0.1) is 21.4 Å². The Morgan fingerprint density at radius 1 is 1.60 bits per heavy atom. The van der Waals surface area contributed by atoms with Gasteiger partial charge in [-0.05, 0) is 38.8 Å². The lowest BCUT2D eigenvalue weighted by atomic mass is 10.1. The number of benzene rings is 1. The minimum absolute atomic E-state index is 0.0553. The average Bonchev–Trinajstić information content (AvgIpc) is 2.75. The zero-order valence-electron chi connectivity index (χ0n) is 11.5. The predicted molar refractivity (Wildman–Crippen MR) is 71.5 cm³/mol. The molecule has 1 aromatic carbocycles. The molecule has 0 aliphatic carbocycles. The number of nitro benzene ring substituents is 1. The van der Waals surface area contributed by atoms with Crippen LogP contribution in [0.4, 0.5) is 5.69 Å². The third-order valence-electron chi connectivity index (χ3n) is 3.26. The second kappa shape index (κ2) is 5.47. The fourth-order valence-corrected chi connectivity index (χ4v) is 2.23. The number of nitro groups is 1. The second-order valence-electron chi connectivity index (χ2n) is 5.40. The second-order valence-corrected chi connectivity index (χ2v) is 5.40. The Morgan fingerprint density at radius 2 is 2.35 bits per heavy atom. The third kappa shape index (κ3) is 3.25. The van der Waals surface area contributed by atoms with Crippen molar-refractivity contribution in [1.82, 2.24) is 0 Å². The molecule has 1 saturated heterocycles. The molecule has 1 aliphatic heterocycles. The highest BCUT2D eigenvalue weighted by atomic mass is 16.6. The van der Waals surface area contributed by atoms with Gasteiger partial charge in [0.1, 0.15) is 6.61 Å². The summed E-state index contributed by atoms with van der Waals surface area (Å²) in [5.41, 5.74) is -0.117. The molecule has 0 N–H and O–H groups in total. The molecular formula is C14H16N2O4. The van der Waals surface area contributed by atoms with Gasteiger partial charge in [0.15, 0.2) is 5.75 Å². The van der Waals surface area contributed by atoms with Crippen molar-refractivity contribution in [3.05, 3.63) is 33.9 Å². The molecule has 1 aliphatic rings. The first-order valence-electron chi connectivity index (χ1n) is 6.40. The van der Waals surface area contributed by atoms with E-state index in [1.807, 2.05) is 19.9 Å². The van der Waals surface area contributed by atoms with E-state index in [0.29, 0.717) is 0 Å². The van der Waals surface area contributed by atoms with E-state index in [1.54, 1.807) is 0 Å². The van der Waals surface area contributed by atoms with Crippen molar-refractivity contribution in [2.75, 3.05) is 6.61 Å². The van der Waals surface area contributed by atoms with E-state index in [2.05, 4.69) is 0 Å². The Morgan fingerprint density at radius 3 is 2.90 bits per heavy atom. The topological polar surface area (TPSA) is 85.4 Å². The van der Waals surface area contributed by atoms with Gasteiger partial charge in [0.2, 0.25) is 0 Å². The largest absolute Gasteiger partial charge is 0.484 e.